The number of rotatable bonds is 4. The number of nitrogens with zero attached hydrogens (tertiary/aromatic N) is 5. The van der Waals surface area contributed by atoms with Crippen LogP contribution in [0, 0.1) is 0 Å². The molecule has 1 saturated heterocycles. The van der Waals surface area contributed by atoms with E-state index in [2.05, 4.69) is 20.9 Å². The molecule has 4 rings (SSSR count). The minimum Gasteiger partial charge on any atom is -0.297 e. The third-order valence-electron chi connectivity index (χ3n) is 4.78. The summed E-state index contributed by atoms with van der Waals surface area (Å²) < 4.78 is 3.70. The Morgan fingerprint density at radius 1 is 1.25 bits per heavy atom. The molecule has 1 fully saturated rings. The van der Waals surface area contributed by atoms with E-state index in [9.17, 15) is 4.79 Å². The highest BCUT2D eigenvalue weighted by atomic mass is 16.1. The molecule has 1 aliphatic rings. The number of likely N-dealkylation sites (tertiary alicyclic amines) is 1. The van der Waals surface area contributed by atoms with Crippen molar-refractivity contribution in [2.75, 3.05) is 13.1 Å². The molecule has 0 aliphatic carbocycles. The smallest absolute Gasteiger partial charge is 0.297 e. The first kappa shape index (κ1) is 15.1. The highest BCUT2D eigenvalue weighted by Crippen LogP contribution is 2.25. The lowest BCUT2D eigenvalue weighted by Crippen LogP contribution is -2.29. The van der Waals surface area contributed by atoms with Crippen molar-refractivity contribution >= 4 is 11.2 Å². The third-order valence-corrected chi connectivity index (χ3v) is 4.78. The second-order valence-corrected chi connectivity index (χ2v) is 6.28. The molecule has 3 aromatic heterocycles. The molecule has 0 aromatic carbocycles. The molecule has 0 unspecified atom stereocenters. The quantitative estimate of drug-likeness (QED) is 0.737. The van der Waals surface area contributed by atoms with Crippen LogP contribution in [0.5, 0.6) is 0 Å². The van der Waals surface area contributed by atoms with Gasteiger partial charge in [0.25, 0.3) is 0 Å². The van der Waals surface area contributed by atoms with Crippen LogP contribution in [-0.4, -0.2) is 37.1 Å². The van der Waals surface area contributed by atoms with Gasteiger partial charge in [0.2, 0.25) is 0 Å². The maximum Gasteiger partial charge on any atom is 0.330 e. The molecular formula is C18H21N5O. The Balaban J connectivity index is 1.63. The Hall–Kier alpha value is -2.47. The van der Waals surface area contributed by atoms with E-state index in [0.717, 1.165) is 37.2 Å². The summed E-state index contributed by atoms with van der Waals surface area (Å²) >= 11 is 0. The molecule has 0 bridgehead atoms. The minimum atomic E-state index is 0.0550. The van der Waals surface area contributed by atoms with Crippen LogP contribution < -0.4 is 5.69 Å². The summed E-state index contributed by atoms with van der Waals surface area (Å²) in [6.07, 6.45) is 6.44. The molecule has 24 heavy (non-hydrogen) atoms. The summed E-state index contributed by atoms with van der Waals surface area (Å²) in [5.74, 6) is 0. The summed E-state index contributed by atoms with van der Waals surface area (Å²) in [7, 11) is 0. The van der Waals surface area contributed by atoms with Crippen molar-refractivity contribution in [3.63, 3.8) is 0 Å². The van der Waals surface area contributed by atoms with Gasteiger partial charge in [-0.15, -0.1) is 0 Å². The van der Waals surface area contributed by atoms with Gasteiger partial charge >= 0.3 is 5.69 Å². The first-order valence-electron chi connectivity index (χ1n) is 8.45. The molecule has 6 heteroatoms. The fourth-order valence-corrected chi connectivity index (χ4v) is 3.66. The molecule has 124 valence electrons. The van der Waals surface area contributed by atoms with Gasteiger partial charge in [-0.25, -0.2) is 9.78 Å². The normalized spacial score (nSPS) is 18.5. The molecular weight excluding hydrogens is 302 g/mol. The number of fused-ring (bicyclic) bond motifs is 1. The number of pyridine rings is 2. The van der Waals surface area contributed by atoms with Gasteiger partial charge in [0.05, 0.1) is 11.6 Å². The Kier molecular flexibility index (Phi) is 3.90. The van der Waals surface area contributed by atoms with E-state index in [1.165, 1.54) is 5.56 Å². The fourth-order valence-electron chi connectivity index (χ4n) is 3.66. The predicted molar refractivity (Wildman–Crippen MR) is 92.8 cm³/mol. The van der Waals surface area contributed by atoms with Gasteiger partial charge in [-0.2, -0.15) is 0 Å². The fraction of sp³-hybridized carbons (Fsp3) is 0.389. The monoisotopic (exact) mass is 323 g/mol. The molecule has 0 saturated carbocycles. The molecule has 0 spiro atoms. The Morgan fingerprint density at radius 3 is 2.92 bits per heavy atom. The van der Waals surface area contributed by atoms with Crippen LogP contribution in [0.1, 0.15) is 24.9 Å². The van der Waals surface area contributed by atoms with Crippen LogP contribution in [0.2, 0.25) is 0 Å². The van der Waals surface area contributed by atoms with Gasteiger partial charge in [-0.3, -0.25) is 19.0 Å². The molecule has 0 radical (unpaired) electrons. The van der Waals surface area contributed by atoms with Gasteiger partial charge in [0.1, 0.15) is 0 Å². The number of aryl methyl sites for hydroxylation is 1. The van der Waals surface area contributed by atoms with E-state index in [1.54, 1.807) is 12.4 Å². The van der Waals surface area contributed by atoms with Gasteiger partial charge in [-0.05, 0) is 37.1 Å². The minimum absolute atomic E-state index is 0.0550. The predicted octanol–water partition coefficient (Wildman–Crippen LogP) is 2.06. The van der Waals surface area contributed by atoms with Gasteiger partial charge in [-0.1, -0.05) is 6.07 Å². The molecule has 0 N–H and O–H groups in total. The highest BCUT2D eigenvalue weighted by Gasteiger charge is 2.28. The van der Waals surface area contributed by atoms with Crippen molar-refractivity contribution in [3.05, 3.63) is 58.9 Å². The van der Waals surface area contributed by atoms with Gasteiger partial charge in [0, 0.05) is 44.8 Å². The summed E-state index contributed by atoms with van der Waals surface area (Å²) in [6.45, 7) is 5.40. The average molecular weight is 323 g/mol. The Bertz CT molecular complexity index is 899. The third kappa shape index (κ3) is 2.53. The van der Waals surface area contributed by atoms with E-state index >= 15 is 0 Å². The topological polar surface area (TPSA) is 56.0 Å². The van der Waals surface area contributed by atoms with Gasteiger partial charge in [0.15, 0.2) is 5.65 Å². The van der Waals surface area contributed by atoms with Crippen molar-refractivity contribution in [3.8, 4) is 0 Å². The number of imidazole rings is 1. The SMILES string of the molecule is CCn1c(=O)n([C@@H]2CCN(Cc3cccnc3)C2)c2ncccc21. The van der Waals surface area contributed by atoms with Crippen LogP contribution in [-0.2, 0) is 13.1 Å². The van der Waals surface area contributed by atoms with Crippen molar-refractivity contribution in [2.24, 2.45) is 0 Å². The molecule has 1 atom stereocenters. The Labute approximate surface area is 140 Å². The van der Waals surface area contributed by atoms with Crippen LogP contribution in [0.25, 0.3) is 11.2 Å². The molecule has 6 nitrogen and oxygen atoms in total. The van der Waals surface area contributed by atoms with E-state index in [4.69, 9.17) is 0 Å². The van der Waals surface area contributed by atoms with E-state index < -0.39 is 0 Å². The maximum atomic E-state index is 12.8. The standard InChI is InChI=1S/C18H21N5O/c1-2-22-16-6-4-9-20-17(16)23(18(22)24)15-7-10-21(13-15)12-14-5-3-8-19-11-14/h3-6,8-9,11,15H,2,7,10,12-13H2,1H3/t15-/m1/s1. The van der Waals surface area contributed by atoms with Crippen LogP contribution >= 0.6 is 0 Å². The Morgan fingerprint density at radius 2 is 2.12 bits per heavy atom. The van der Waals surface area contributed by atoms with E-state index in [0.29, 0.717) is 6.54 Å². The van der Waals surface area contributed by atoms with Crippen molar-refractivity contribution in [2.45, 2.75) is 32.5 Å². The lowest BCUT2D eigenvalue weighted by molar-refractivity contribution is 0.315. The number of aromatic nitrogens is 4. The molecule has 3 aromatic rings. The summed E-state index contributed by atoms with van der Waals surface area (Å²) in [5.41, 5.74) is 2.99. The van der Waals surface area contributed by atoms with Gasteiger partial charge < -0.3 is 0 Å². The lowest BCUT2D eigenvalue weighted by Gasteiger charge is -2.16. The zero-order valence-electron chi connectivity index (χ0n) is 13.8. The molecule has 4 heterocycles. The zero-order valence-corrected chi connectivity index (χ0v) is 13.8. The average Bonchev–Trinajstić information content (AvgIpc) is 3.17. The second kappa shape index (κ2) is 6.20. The van der Waals surface area contributed by atoms with E-state index in [-0.39, 0.29) is 11.7 Å². The zero-order chi connectivity index (χ0) is 16.5. The van der Waals surface area contributed by atoms with Crippen LogP contribution in [0.3, 0.4) is 0 Å². The molecule has 0 amide bonds. The first-order valence-corrected chi connectivity index (χ1v) is 8.45. The maximum absolute atomic E-state index is 12.8. The molecule has 1 aliphatic heterocycles. The first-order chi connectivity index (χ1) is 11.8. The number of hydrogen-bond donors (Lipinski definition) is 0. The van der Waals surface area contributed by atoms with E-state index in [1.807, 2.05) is 40.5 Å². The number of hydrogen-bond acceptors (Lipinski definition) is 4. The second-order valence-electron chi connectivity index (χ2n) is 6.28. The summed E-state index contributed by atoms with van der Waals surface area (Å²) in [5, 5.41) is 0. The highest BCUT2D eigenvalue weighted by molar-refractivity contribution is 5.71. The van der Waals surface area contributed by atoms with Crippen LogP contribution in [0.15, 0.2) is 47.7 Å². The summed E-state index contributed by atoms with van der Waals surface area (Å²) in [6, 6.07) is 8.11. The van der Waals surface area contributed by atoms with Crippen molar-refractivity contribution in [1.29, 1.82) is 0 Å². The van der Waals surface area contributed by atoms with Crippen LogP contribution in [0.4, 0.5) is 0 Å². The van der Waals surface area contributed by atoms with Crippen molar-refractivity contribution in [1.82, 2.24) is 24.0 Å². The largest absolute Gasteiger partial charge is 0.330 e. The lowest BCUT2D eigenvalue weighted by atomic mass is 10.2. The van der Waals surface area contributed by atoms with Crippen molar-refractivity contribution < 1.29 is 0 Å². The summed E-state index contributed by atoms with van der Waals surface area (Å²) in [4.78, 5) is 23.9.